The first kappa shape index (κ1) is 16.6. The molecule has 1 amide bonds. The van der Waals surface area contributed by atoms with Gasteiger partial charge in [0.1, 0.15) is 0 Å². The van der Waals surface area contributed by atoms with Crippen LogP contribution in [0.3, 0.4) is 0 Å². The van der Waals surface area contributed by atoms with Crippen molar-refractivity contribution in [3.63, 3.8) is 0 Å². The van der Waals surface area contributed by atoms with E-state index < -0.39 is 0 Å². The van der Waals surface area contributed by atoms with Crippen LogP contribution < -0.4 is 5.32 Å². The highest BCUT2D eigenvalue weighted by Crippen LogP contribution is 2.20. The Hall–Kier alpha value is -0.480. The summed E-state index contributed by atoms with van der Waals surface area (Å²) in [5, 5.41) is 3.04. The molecule has 0 aliphatic heterocycles. The van der Waals surface area contributed by atoms with Crippen molar-refractivity contribution in [3.05, 3.63) is 28.2 Å². The molecule has 0 saturated carbocycles. The maximum Gasteiger partial charge on any atom is 0.252 e. The molecule has 0 fully saturated rings. The van der Waals surface area contributed by atoms with Gasteiger partial charge < -0.3 is 5.32 Å². The van der Waals surface area contributed by atoms with Crippen molar-refractivity contribution in [2.45, 2.75) is 51.0 Å². The number of rotatable bonds is 6. The second kappa shape index (κ2) is 7.95. The molecule has 0 spiro atoms. The predicted molar refractivity (Wildman–Crippen MR) is 87.0 cm³/mol. The molecule has 1 N–H and O–H groups in total. The van der Waals surface area contributed by atoms with Crippen LogP contribution in [0.25, 0.3) is 0 Å². The van der Waals surface area contributed by atoms with Crippen molar-refractivity contribution < 1.29 is 4.79 Å². The van der Waals surface area contributed by atoms with Crippen LogP contribution in [0.1, 0.15) is 50.4 Å². The van der Waals surface area contributed by atoms with Crippen LogP contribution in [0, 0.1) is 5.92 Å². The highest BCUT2D eigenvalue weighted by Gasteiger charge is 2.13. The Morgan fingerprint density at radius 2 is 2.00 bits per heavy atom. The van der Waals surface area contributed by atoms with Gasteiger partial charge in [-0.3, -0.25) is 4.79 Å². The fraction of sp³-hybridized carbons (Fsp3) is 0.533. The van der Waals surface area contributed by atoms with Crippen molar-refractivity contribution in [2.75, 3.05) is 0 Å². The molecule has 0 aromatic heterocycles. The average Bonchev–Trinajstić information content (AvgIpc) is 2.31. The van der Waals surface area contributed by atoms with Crippen LogP contribution in [-0.4, -0.2) is 11.9 Å². The number of thiol groups is 1. The van der Waals surface area contributed by atoms with Gasteiger partial charge in [0.05, 0.1) is 5.56 Å². The highest BCUT2D eigenvalue weighted by molar-refractivity contribution is 9.10. The molecular formula is C15H22BrNOS. The molecule has 1 aromatic carbocycles. The number of carbonyl (C=O) groups is 1. The van der Waals surface area contributed by atoms with Crippen LogP contribution in [-0.2, 0) is 0 Å². The van der Waals surface area contributed by atoms with Crippen LogP contribution >= 0.6 is 28.6 Å². The van der Waals surface area contributed by atoms with Gasteiger partial charge in [0.25, 0.3) is 5.91 Å². The second-order valence-corrected chi connectivity index (χ2v) is 6.73. The van der Waals surface area contributed by atoms with E-state index in [1.54, 1.807) is 6.07 Å². The minimum absolute atomic E-state index is 0.0418. The first-order chi connectivity index (χ1) is 8.90. The summed E-state index contributed by atoms with van der Waals surface area (Å²) in [6, 6.07) is 5.68. The van der Waals surface area contributed by atoms with Crippen LogP contribution in [0.15, 0.2) is 27.6 Å². The molecule has 1 aromatic rings. The minimum atomic E-state index is -0.0418. The normalized spacial score (nSPS) is 12.5. The summed E-state index contributed by atoms with van der Waals surface area (Å²) in [5.41, 5.74) is 0.642. The maximum atomic E-state index is 12.2. The lowest BCUT2D eigenvalue weighted by Crippen LogP contribution is -2.32. The van der Waals surface area contributed by atoms with Gasteiger partial charge in [-0.25, -0.2) is 0 Å². The van der Waals surface area contributed by atoms with E-state index in [4.69, 9.17) is 0 Å². The van der Waals surface area contributed by atoms with Gasteiger partial charge in [0.2, 0.25) is 0 Å². The smallest absolute Gasteiger partial charge is 0.252 e. The third-order valence-electron chi connectivity index (χ3n) is 2.99. The zero-order chi connectivity index (χ0) is 14.4. The Morgan fingerprint density at radius 1 is 1.32 bits per heavy atom. The summed E-state index contributed by atoms with van der Waals surface area (Å²) in [6.07, 6.45) is 3.37. The first-order valence-electron chi connectivity index (χ1n) is 6.69. The molecule has 19 heavy (non-hydrogen) atoms. The summed E-state index contributed by atoms with van der Waals surface area (Å²) < 4.78 is 0.803. The van der Waals surface area contributed by atoms with Gasteiger partial charge in [0.15, 0.2) is 0 Å². The fourth-order valence-electron chi connectivity index (χ4n) is 1.89. The number of benzene rings is 1. The Balaban J connectivity index is 2.52. The molecule has 0 aliphatic carbocycles. The number of nitrogens with one attached hydrogen (secondary N) is 1. The Labute approximate surface area is 129 Å². The van der Waals surface area contributed by atoms with Gasteiger partial charge >= 0.3 is 0 Å². The van der Waals surface area contributed by atoms with Crippen molar-refractivity contribution in [1.82, 2.24) is 5.32 Å². The highest BCUT2D eigenvalue weighted by atomic mass is 79.9. The van der Waals surface area contributed by atoms with E-state index in [2.05, 4.69) is 54.6 Å². The summed E-state index contributed by atoms with van der Waals surface area (Å²) in [7, 11) is 0. The number of hydrogen-bond donors (Lipinski definition) is 2. The van der Waals surface area contributed by atoms with Crippen molar-refractivity contribution >= 4 is 34.5 Å². The van der Waals surface area contributed by atoms with E-state index in [0.717, 1.165) is 28.1 Å². The van der Waals surface area contributed by atoms with E-state index >= 15 is 0 Å². The van der Waals surface area contributed by atoms with Gasteiger partial charge in [-0.2, -0.15) is 0 Å². The standard InChI is InChI=1S/C15H22BrNOS/c1-10(2)5-4-6-11(3)17-15(18)13-9-12(19)7-8-14(13)16/h7-11,19H,4-6H2,1-3H3,(H,17,18). The van der Waals surface area contributed by atoms with Gasteiger partial charge in [-0.1, -0.05) is 26.7 Å². The Kier molecular flexibility index (Phi) is 6.94. The lowest BCUT2D eigenvalue weighted by atomic mass is 10.0. The quantitative estimate of drug-likeness (QED) is 0.721. The predicted octanol–water partition coefficient (Wildman–Crippen LogP) is 4.68. The Morgan fingerprint density at radius 3 is 2.63 bits per heavy atom. The molecule has 1 rings (SSSR count). The third-order valence-corrected chi connectivity index (χ3v) is 3.96. The maximum absolute atomic E-state index is 12.2. The van der Waals surface area contributed by atoms with E-state index in [-0.39, 0.29) is 11.9 Å². The largest absolute Gasteiger partial charge is 0.350 e. The van der Waals surface area contributed by atoms with E-state index in [9.17, 15) is 4.79 Å². The van der Waals surface area contributed by atoms with E-state index in [1.165, 1.54) is 6.42 Å². The summed E-state index contributed by atoms with van der Waals surface area (Å²) in [6.45, 7) is 6.49. The molecule has 106 valence electrons. The molecular weight excluding hydrogens is 322 g/mol. The second-order valence-electron chi connectivity index (χ2n) is 5.36. The summed E-state index contributed by atoms with van der Waals surface area (Å²) in [5.74, 6) is 0.678. The zero-order valence-electron chi connectivity index (χ0n) is 11.7. The Bertz CT molecular complexity index is 434. The van der Waals surface area contributed by atoms with E-state index in [0.29, 0.717) is 5.56 Å². The molecule has 0 aliphatic rings. The molecule has 1 atom stereocenters. The van der Waals surface area contributed by atoms with Crippen LogP contribution in [0.4, 0.5) is 0 Å². The molecule has 4 heteroatoms. The van der Waals surface area contributed by atoms with E-state index in [1.807, 2.05) is 12.1 Å². The average molecular weight is 344 g/mol. The monoisotopic (exact) mass is 343 g/mol. The van der Waals surface area contributed by atoms with Crippen molar-refractivity contribution in [3.8, 4) is 0 Å². The molecule has 2 nitrogen and oxygen atoms in total. The molecule has 1 unspecified atom stereocenters. The molecule has 0 bridgehead atoms. The fourth-order valence-corrected chi connectivity index (χ4v) is 2.52. The number of amides is 1. The van der Waals surface area contributed by atoms with Gasteiger partial charge in [0, 0.05) is 15.4 Å². The number of carbonyl (C=O) groups excluding carboxylic acids is 1. The molecule has 0 radical (unpaired) electrons. The topological polar surface area (TPSA) is 29.1 Å². The van der Waals surface area contributed by atoms with Crippen LogP contribution in [0.5, 0.6) is 0 Å². The van der Waals surface area contributed by atoms with Crippen molar-refractivity contribution in [1.29, 1.82) is 0 Å². The zero-order valence-corrected chi connectivity index (χ0v) is 14.2. The molecule has 0 saturated heterocycles. The summed E-state index contributed by atoms with van der Waals surface area (Å²) in [4.78, 5) is 12.9. The van der Waals surface area contributed by atoms with Crippen molar-refractivity contribution in [2.24, 2.45) is 5.92 Å². The summed E-state index contributed by atoms with van der Waals surface area (Å²) >= 11 is 7.66. The number of halogens is 1. The van der Waals surface area contributed by atoms with Crippen LogP contribution in [0.2, 0.25) is 0 Å². The van der Waals surface area contributed by atoms with Gasteiger partial charge in [-0.05, 0) is 53.4 Å². The first-order valence-corrected chi connectivity index (χ1v) is 7.93. The SMILES string of the molecule is CC(C)CCCC(C)NC(=O)c1cc(S)ccc1Br. The third kappa shape index (κ3) is 6.00. The lowest BCUT2D eigenvalue weighted by molar-refractivity contribution is 0.0937. The minimum Gasteiger partial charge on any atom is -0.350 e. The van der Waals surface area contributed by atoms with Gasteiger partial charge in [-0.15, -0.1) is 12.6 Å². The number of hydrogen-bond acceptors (Lipinski definition) is 2. The molecule has 0 heterocycles. The lowest BCUT2D eigenvalue weighted by Gasteiger charge is -2.15.